The second-order valence-electron chi connectivity index (χ2n) is 3.99. The normalized spacial score (nSPS) is 14.5. The Hall–Kier alpha value is -1.85. The lowest BCUT2D eigenvalue weighted by atomic mass is 10.1. The third-order valence-corrected chi connectivity index (χ3v) is 2.59. The topological polar surface area (TPSA) is 69.6 Å². The summed E-state index contributed by atoms with van der Waals surface area (Å²) in [5.41, 5.74) is 1.86. The number of hydrogen-bond donors (Lipinski definition) is 1. The first-order chi connectivity index (χ1) is 7.58. The molecule has 86 valence electrons. The van der Waals surface area contributed by atoms with E-state index in [1.54, 1.807) is 6.20 Å². The summed E-state index contributed by atoms with van der Waals surface area (Å²) in [7, 11) is 3.77. The molecule has 1 aromatic rings. The summed E-state index contributed by atoms with van der Waals surface area (Å²) < 4.78 is 0. The molecule has 0 saturated carbocycles. The van der Waals surface area contributed by atoms with Crippen LogP contribution in [0.3, 0.4) is 0 Å². The highest BCUT2D eigenvalue weighted by atomic mass is 16.4. The Kier molecular flexibility index (Phi) is 2.64. The number of aromatic nitrogens is 2. The summed E-state index contributed by atoms with van der Waals surface area (Å²) >= 11 is 0. The maximum absolute atomic E-state index is 10.8. The standard InChI is InChI=1S/C10H14N4O2/c1-13(2)9-11-5-7-6-14(10(15)16)4-3-8(7)12-9/h5H,3-4,6H2,1-2H3,(H,15,16). The fourth-order valence-corrected chi connectivity index (χ4v) is 1.68. The molecule has 0 unspecified atom stereocenters. The summed E-state index contributed by atoms with van der Waals surface area (Å²) in [6.45, 7) is 0.893. The Bertz CT molecular complexity index is 419. The molecule has 0 aliphatic carbocycles. The number of hydrogen-bond acceptors (Lipinski definition) is 4. The molecule has 16 heavy (non-hydrogen) atoms. The molecule has 0 atom stereocenters. The summed E-state index contributed by atoms with van der Waals surface area (Å²) in [4.78, 5) is 22.6. The molecule has 1 aromatic heterocycles. The molecule has 2 rings (SSSR count). The van der Waals surface area contributed by atoms with Gasteiger partial charge in [-0.2, -0.15) is 0 Å². The molecule has 6 nitrogen and oxygen atoms in total. The fourth-order valence-electron chi connectivity index (χ4n) is 1.68. The van der Waals surface area contributed by atoms with E-state index in [1.165, 1.54) is 4.90 Å². The Morgan fingerprint density at radius 2 is 2.31 bits per heavy atom. The van der Waals surface area contributed by atoms with E-state index in [0.717, 1.165) is 11.3 Å². The molecule has 2 heterocycles. The van der Waals surface area contributed by atoms with Crippen molar-refractivity contribution < 1.29 is 9.90 Å². The van der Waals surface area contributed by atoms with Crippen molar-refractivity contribution in [3.63, 3.8) is 0 Å². The van der Waals surface area contributed by atoms with Gasteiger partial charge in [0.05, 0.1) is 12.2 Å². The molecule has 0 radical (unpaired) electrons. The zero-order valence-electron chi connectivity index (χ0n) is 9.34. The number of amides is 1. The quantitative estimate of drug-likeness (QED) is 0.752. The van der Waals surface area contributed by atoms with Crippen molar-refractivity contribution in [2.75, 3.05) is 25.5 Å². The molecule has 0 bridgehead atoms. The Labute approximate surface area is 93.5 Å². The third-order valence-electron chi connectivity index (χ3n) is 2.59. The van der Waals surface area contributed by atoms with Gasteiger partial charge in [-0.15, -0.1) is 0 Å². The van der Waals surface area contributed by atoms with Gasteiger partial charge in [-0.05, 0) is 0 Å². The van der Waals surface area contributed by atoms with E-state index in [9.17, 15) is 4.79 Å². The highest BCUT2D eigenvalue weighted by Gasteiger charge is 2.21. The SMILES string of the molecule is CN(C)c1ncc2c(n1)CCN(C(=O)O)C2. The molecule has 1 amide bonds. The van der Waals surface area contributed by atoms with E-state index in [4.69, 9.17) is 5.11 Å². The molecule has 1 N–H and O–H groups in total. The number of nitrogens with zero attached hydrogens (tertiary/aromatic N) is 4. The van der Waals surface area contributed by atoms with Gasteiger partial charge in [0, 0.05) is 38.8 Å². The van der Waals surface area contributed by atoms with E-state index in [0.29, 0.717) is 25.5 Å². The highest BCUT2D eigenvalue weighted by molar-refractivity contribution is 5.65. The minimum Gasteiger partial charge on any atom is -0.465 e. The lowest BCUT2D eigenvalue weighted by molar-refractivity contribution is 0.139. The molecular weight excluding hydrogens is 208 g/mol. The summed E-state index contributed by atoms with van der Waals surface area (Å²) in [6.07, 6.45) is 1.49. The first-order valence-corrected chi connectivity index (χ1v) is 5.08. The average Bonchev–Trinajstić information content (AvgIpc) is 2.27. The Morgan fingerprint density at radius 3 is 2.94 bits per heavy atom. The number of anilines is 1. The van der Waals surface area contributed by atoms with Crippen molar-refractivity contribution in [1.29, 1.82) is 0 Å². The lowest BCUT2D eigenvalue weighted by Gasteiger charge is -2.26. The van der Waals surface area contributed by atoms with Gasteiger partial charge in [0.2, 0.25) is 5.95 Å². The van der Waals surface area contributed by atoms with Crippen LogP contribution < -0.4 is 4.90 Å². The molecule has 0 saturated heterocycles. The van der Waals surface area contributed by atoms with E-state index in [-0.39, 0.29) is 0 Å². The average molecular weight is 222 g/mol. The predicted molar refractivity (Wildman–Crippen MR) is 58.5 cm³/mol. The molecule has 0 spiro atoms. The van der Waals surface area contributed by atoms with Gasteiger partial charge in [0.15, 0.2) is 0 Å². The van der Waals surface area contributed by atoms with Crippen LogP contribution in [0.25, 0.3) is 0 Å². The van der Waals surface area contributed by atoms with E-state index >= 15 is 0 Å². The molecule has 1 aliphatic rings. The first-order valence-electron chi connectivity index (χ1n) is 5.08. The van der Waals surface area contributed by atoms with Crippen LogP contribution >= 0.6 is 0 Å². The molecular formula is C10H14N4O2. The van der Waals surface area contributed by atoms with Crippen LogP contribution in [0.1, 0.15) is 11.3 Å². The van der Waals surface area contributed by atoms with E-state index < -0.39 is 6.09 Å². The second-order valence-corrected chi connectivity index (χ2v) is 3.99. The lowest BCUT2D eigenvalue weighted by Crippen LogP contribution is -2.35. The van der Waals surface area contributed by atoms with Crippen LogP contribution in [-0.4, -0.2) is 46.7 Å². The maximum Gasteiger partial charge on any atom is 0.407 e. The van der Waals surface area contributed by atoms with Crippen LogP contribution in [0, 0.1) is 0 Å². The molecule has 1 aliphatic heterocycles. The van der Waals surface area contributed by atoms with Crippen LogP contribution in [0.2, 0.25) is 0 Å². The van der Waals surface area contributed by atoms with E-state index in [1.807, 2.05) is 19.0 Å². The van der Waals surface area contributed by atoms with Crippen LogP contribution in [0.5, 0.6) is 0 Å². The largest absolute Gasteiger partial charge is 0.465 e. The van der Waals surface area contributed by atoms with Crippen molar-refractivity contribution in [3.8, 4) is 0 Å². The van der Waals surface area contributed by atoms with Gasteiger partial charge in [0.1, 0.15) is 0 Å². The van der Waals surface area contributed by atoms with Crippen LogP contribution in [0.15, 0.2) is 6.20 Å². The fraction of sp³-hybridized carbons (Fsp3) is 0.500. The first kappa shape index (κ1) is 10.7. The van der Waals surface area contributed by atoms with Gasteiger partial charge in [-0.1, -0.05) is 0 Å². The monoisotopic (exact) mass is 222 g/mol. The van der Waals surface area contributed by atoms with Gasteiger partial charge in [-0.25, -0.2) is 14.8 Å². The number of carboxylic acid groups (broad SMARTS) is 1. The molecule has 0 aromatic carbocycles. The summed E-state index contributed by atoms with van der Waals surface area (Å²) in [6, 6.07) is 0. The number of fused-ring (bicyclic) bond motifs is 1. The van der Waals surface area contributed by atoms with Crippen molar-refractivity contribution in [2.45, 2.75) is 13.0 Å². The molecule has 6 heteroatoms. The summed E-state index contributed by atoms with van der Waals surface area (Å²) in [5.74, 6) is 0.669. The third kappa shape index (κ3) is 1.91. The minimum absolute atomic E-state index is 0.387. The van der Waals surface area contributed by atoms with Crippen molar-refractivity contribution in [3.05, 3.63) is 17.5 Å². The van der Waals surface area contributed by atoms with Crippen molar-refractivity contribution in [1.82, 2.24) is 14.9 Å². The molecule has 0 fully saturated rings. The summed E-state index contributed by atoms with van der Waals surface area (Å²) in [5, 5.41) is 8.88. The maximum atomic E-state index is 10.8. The zero-order valence-corrected chi connectivity index (χ0v) is 9.34. The van der Waals surface area contributed by atoms with Crippen LogP contribution in [-0.2, 0) is 13.0 Å². The predicted octanol–water partition coefficient (Wildman–Crippen LogP) is 0.579. The van der Waals surface area contributed by atoms with Gasteiger partial charge < -0.3 is 14.9 Å². The van der Waals surface area contributed by atoms with Gasteiger partial charge >= 0.3 is 6.09 Å². The van der Waals surface area contributed by atoms with Gasteiger partial charge in [0.25, 0.3) is 0 Å². The van der Waals surface area contributed by atoms with Crippen LogP contribution in [0.4, 0.5) is 10.7 Å². The van der Waals surface area contributed by atoms with E-state index in [2.05, 4.69) is 9.97 Å². The second kappa shape index (κ2) is 3.96. The minimum atomic E-state index is -0.887. The number of rotatable bonds is 1. The van der Waals surface area contributed by atoms with Crippen molar-refractivity contribution >= 4 is 12.0 Å². The highest BCUT2D eigenvalue weighted by Crippen LogP contribution is 2.18. The van der Waals surface area contributed by atoms with Gasteiger partial charge in [-0.3, -0.25) is 0 Å². The zero-order chi connectivity index (χ0) is 11.7. The number of carbonyl (C=O) groups is 1. The Morgan fingerprint density at radius 1 is 1.56 bits per heavy atom. The van der Waals surface area contributed by atoms with Crippen molar-refractivity contribution in [2.24, 2.45) is 0 Å². The Balaban J connectivity index is 2.25. The smallest absolute Gasteiger partial charge is 0.407 e.